The van der Waals surface area contributed by atoms with Crippen LogP contribution in [0.2, 0.25) is 0 Å². The molecule has 2 rings (SSSR count). The molecule has 174 valence electrons. The van der Waals surface area contributed by atoms with E-state index in [1.54, 1.807) is 0 Å². The number of aryl methyl sites for hydroxylation is 2. The third kappa shape index (κ3) is 8.16. The minimum absolute atomic E-state index is 0.173. The molecule has 1 aromatic rings. The van der Waals surface area contributed by atoms with E-state index in [1.165, 1.54) is 18.4 Å². The van der Waals surface area contributed by atoms with Crippen molar-refractivity contribution in [2.45, 2.75) is 58.0 Å². The Morgan fingerprint density at radius 1 is 1.45 bits per heavy atom. The fraction of sp³-hybridized carbons (Fsp3) is 0.727. The van der Waals surface area contributed by atoms with Gasteiger partial charge in [-0.1, -0.05) is 6.92 Å². The average Bonchev–Trinajstić information content (AvgIpc) is 3.61. The van der Waals surface area contributed by atoms with Crippen molar-refractivity contribution in [3.05, 3.63) is 28.4 Å². The van der Waals surface area contributed by atoms with E-state index in [1.807, 2.05) is 24.2 Å². The van der Waals surface area contributed by atoms with E-state index in [4.69, 9.17) is 10.5 Å². The maximum atomic E-state index is 11.9. The fourth-order valence-electron chi connectivity index (χ4n) is 3.83. The van der Waals surface area contributed by atoms with E-state index in [9.17, 15) is 9.70 Å². The predicted molar refractivity (Wildman–Crippen MR) is 122 cm³/mol. The minimum Gasteiger partial charge on any atom is -0.490 e. The molecular formula is C22H38N6O3. The summed E-state index contributed by atoms with van der Waals surface area (Å²) >= 11 is 0. The molecule has 1 saturated carbocycles. The molecule has 1 aliphatic carbocycles. The maximum Gasteiger partial charge on any atom is 0.235 e. The zero-order chi connectivity index (χ0) is 22.6. The van der Waals surface area contributed by atoms with Gasteiger partial charge in [-0.3, -0.25) is 14.7 Å². The number of nitrogens with one attached hydrogen (secondary N) is 2. The van der Waals surface area contributed by atoms with Crippen LogP contribution >= 0.6 is 0 Å². The summed E-state index contributed by atoms with van der Waals surface area (Å²) in [6, 6.07) is 2.47. The van der Waals surface area contributed by atoms with Gasteiger partial charge in [-0.15, -0.1) is 4.91 Å². The largest absolute Gasteiger partial charge is 0.490 e. The third-order valence-electron chi connectivity index (χ3n) is 5.87. The number of rotatable bonds is 16. The van der Waals surface area contributed by atoms with E-state index in [0.29, 0.717) is 19.1 Å². The molecule has 2 atom stereocenters. The monoisotopic (exact) mass is 434 g/mol. The quantitative estimate of drug-likeness (QED) is 0.266. The van der Waals surface area contributed by atoms with Gasteiger partial charge in [0.15, 0.2) is 6.67 Å². The fourth-order valence-corrected chi connectivity index (χ4v) is 3.83. The Kier molecular flexibility index (Phi) is 10.8. The molecule has 31 heavy (non-hydrogen) atoms. The van der Waals surface area contributed by atoms with Gasteiger partial charge in [-0.25, -0.2) is 0 Å². The van der Waals surface area contributed by atoms with Crippen molar-refractivity contribution in [3.8, 4) is 5.75 Å². The highest BCUT2D eigenvalue weighted by Crippen LogP contribution is 2.35. The summed E-state index contributed by atoms with van der Waals surface area (Å²) in [7, 11) is 1.93. The summed E-state index contributed by atoms with van der Waals surface area (Å²) in [6.45, 7) is 6.20. The lowest BCUT2D eigenvalue weighted by atomic mass is 10.0. The number of carbonyl (C=O) groups excluding carboxylic acids is 1. The van der Waals surface area contributed by atoms with Crippen LogP contribution in [-0.4, -0.2) is 67.8 Å². The summed E-state index contributed by atoms with van der Waals surface area (Å²) in [4.78, 5) is 28.6. The lowest BCUT2D eigenvalue weighted by Crippen LogP contribution is -2.51. The molecule has 0 saturated heterocycles. The topological polar surface area (TPSA) is 122 Å². The molecule has 1 aromatic heterocycles. The lowest BCUT2D eigenvalue weighted by molar-refractivity contribution is -0.122. The van der Waals surface area contributed by atoms with Gasteiger partial charge in [-0.05, 0) is 75.3 Å². The Labute approximate surface area is 185 Å². The maximum absolute atomic E-state index is 11.9. The molecule has 1 amide bonds. The van der Waals surface area contributed by atoms with Crippen LogP contribution in [0.25, 0.3) is 0 Å². The summed E-state index contributed by atoms with van der Waals surface area (Å²) in [5, 5.41) is 8.80. The molecule has 9 heteroatoms. The first-order valence-electron chi connectivity index (χ1n) is 11.3. The highest BCUT2D eigenvalue weighted by molar-refractivity contribution is 5.77. The number of carbonyl (C=O) groups is 1. The number of nitroso groups, excluding NO2 is 1. The lowest BCUT2D eigenvalue weighted by Gasteiger charge is -2.32. The predicted octanol–water partition coefficient (Wildman–Crippen LogP) is 1.44. The molecule has 9 nitrogen and oxygen atoms in total. The molecule has 1 aliphatic rings. The van der Waals surface area contributed by atoms with Crippen LogP contribution in [0.5, 0.6) is 5.75 Å². The summed E-state index contributed by atoms with van der Waals surface area (Å²) < 4.78 is 6.17. The van der Waals surface area contributed by atoms with Crippen molar-refractivity contribution < 1.29 is 9.53 Å². The average molecular weight is 435 g/mol. The van der Waals surface area contributed by atoms with Gasteiger partial charge in [0.05, 0.1) is 12.2 Å². The molecule has 0 radical (unpaired) electrons. The van der Waals surface area contributed by atoms with Gasteiger partial charge in [-0.2, -0.15) is 0 Å². The summed E-state index contributed by atoms with van der Waals surface area (Å²) in [5.74, 6) is 1.32. The van der Waals surface area contributed by atoms with Crippen LogP contribution in [-0.2, 0) is 17.6 Å². The number of amides is 1. The Morgan fingerprint density at radius 2 is 2.23 bits per heavy atom. The molecular weight excluding hydrogens is 396 g/mol. The first kappa shape index (κ1) is 25.2. The zero-order valence-corrected chi connectivity index (χ0v) is 19.1. The Balaban J connectivity index is 1.88. The van der Waals surface area contributed by atoms with Crippen LogP contribution < -0.4 is 21.1 Å². The van der Waals surface area contributed by atoms with Gasteiger partial charge in [0, 0.05) is 24.8 Å². The molecule has 0 aliphatic heterocycles. The van der Waals surface area contributed by atoms with Crippen molar-refractivity contribution in [2.75, 3.05) is 40.0 Å². The summed E-state index contributed by atoms with van der Waals surface area (Å²) in [5.41, 5.74) is 7.82. The van der Waals surface area contributed by atoms with Crippen molar-refractivity contribution in [2.24, 2.45) is 16.8 Å². The normalized spacial score (nSPS) is 15.5. The first-order valence-corrected chi connectivity index (χ1v) is 11.3. The Bertz CT molecular complexity index is 698. The van der Waals surface area contributed by atoms with Crippen LogP contribution in [0.4, 0.5) is 0 Å². The van der Waals surface area contributed by atoms with E-state index in [0.717, 1.165) is 37.3 Å². The highest BCUT2D eigenvalue weighted by atomic mass is 16.5. The second-order valence-electron chi connectivity index (χ2n) is 8.20. The van der Waals surface area contributed by atoms with Gasteiger partial charge < -0.3 is 21.1 Å². The van der Waals surface area contributed by atoms with Crippen LogP contribution in [0.1, 0.15) is 44.4 Å². The van der Waals surface area contributed by atoms with Crippen LogP contribution in [0, 0.1) is 10.8 Å². The number of nitrogens with zero attached hydrogens (tertiary/aromatic N) is 3. The van der Waals surface area contributed by atoms with Gasteiger partial charge in [0.1, 0.15) is 12.4 Å². The third-order valence-corrected chi connectivity index (χ3v) is 5.87. The summed E-state index contributed by atoms with van der Waals surface area (Å²) in [6.07, 6.45) is 6.85. The second kappa shape index (κ2) is 13.3. The van der Waals surface area contributed by atoms with Crippen molar-refractivity contribution in [1.29, 1.82) is 0 Å². The first-order chi connectivity index (χ1) is 15.0. The smallest absolute Gasteiger partial charge is 0.235 e. The second-order valence-corrected chi connectivity index (χ2v) is 8.20. The Hall–Kier alpha value is -2.10. The van der Waals surface area contributed by atoms with Crippen molar-refractivity contribution in [1.82, 2.24) is 20.5 Å². The van der Waals surface area contributed by atoms with Gasteiger partial charge in [0.2, 0.25) is 5.91 Å². The van der Waals surface area contributed by atoms with Crippen LogP contribution in [0.3, 0.4) is 0 Å². The van der Waals surface area contributed by atoms with E-state index >= 15 is 0 Å². The number of aromatic nitrogens is 1. The van der Waals surface area contributed by atoms with E-state index in [-0.39, 0.29) is 31.2 Å². The molecule has 0 bridgehead atoms. The van der Waals surface area contributed by atoms with Crippen molar-refractivity contribution >= 4 is 5.91 Å². The Morgan fingerprint density at radius 3 is 2.87 bits per heavy atom. The van der Waals surface area contributed by atoms with Crippen LogP contribution in [0.15, 0.2) is 17.4 Å². The SMILES string of the molecule is CCc1ccnc(CCCN)c1OCCNC(C1CC1)C(C)N(C)CC(=O)NCN=O. The number of hydrogen-bond donors (Lipinski definition) is 3. The molecule has 4 N–H and O–H groups in total. The van der Waals surface area contributed by atoms with Gasteiger partial charge >= 0.3 is 0 Å². The zero-order valence-electron chi connectivity index (χ0n) is 19.1. The number of ether oxygens (including phenoxy) is 1. The number of pyridine rings is 1. The van der Waals surface area contributed by atoms with Gasteiger partial charge in [0.25, 0.3) is 0 Å². The molecule has 0 aromatic carbocycles. The number of nitrogens with two attached hydrogens (primary N) is 1. The van der Waals surface area contributed by atoms with E-state index in [2.05, 4.69) is 34.6 Å². The van der Waals surface area contributed by atoms with E-state index < -0.39 is 0 Å². The number of likely N-dealkylation sites (N-methyl/N-ethyl adjacent to an activating group) is 1. The minimum atomic E-state index is -0.194. The number of hydrogen-bond acceptors (Lipinski definition) is 8. The van der Waals surface area contributed by atoms with Crippen molar-refractivity contribution in [3.63, 3.8) is 0 Å². The molecule has 2 unspecified atom stereocenters. The highest BCUT2D eigenvalue weighted by Gasteiger charge is 2.36. The molecule has 1 fully saturated rings. The standard InChI is InChI=1S/C22H38N6O3/c1-4-17-9-11-24-19(6-5-10-23)22(17)31-13-12-25-21(18-7-8-18)16(2)28(3)14-20(29)26-15-27-30/h9,11,16,18,21,25H,4-8,10,12-15,23H2,1-3H3,(H,26,29). The molecule has 1 heterocycles. The molecule has 0 spiro atoms.